The number of aromatic nitrogens is 3. The van der Waals surface area contributed by atoms with Crippen molar-refractivity contribution in [3.05, 3.63) is 52.8 Å². The molecule has 0 bridgehead atoms. The van der Waals surface area contributed by atoms with Crippen LogP contribution in [0.2, 0.25) is 0 Å². The molecule has 1 fully saturated rings. The smallest absolute Gasteiger partial charge is 0.293 e. The Kier molecular flexibility index (Phi) is 3.50. The summed E-state index contributed by atoms with van der Waals surface area (Å²) in [5, 5.41) is 0. The van der Waals surface area contributed by atoms with E-state index in [1.54, 1.807) is 23.2 Å². The molecule has 3 heterocycles. The molecular formula is C15H18N4O. The Morgan fingerprint density at radius 2 is 2.30 bits per heavy atom. The standard InChI is InChI=1S/C15H18N4O/c1-2-18-10-8-17-14(15(18)20)19-9-4-6-13(19)12-5-3-7-16-11-12/h3,5,7-8,10-11,13H,2,4,6,9H2,1H3. The number of anilines is 1. The van der Waals surface area contributed by atoms with E-state index in [1.165, 1.54) is 0 Å². The molecule has 0 aliphatic carbocycles. The van der Waals surface area contributed by atoms with E-state index in [1.807, 2.05) is 19.2 Å². The van der Waals surface area contributed by atoms with Crippen LogP contribution < -0.4 is 10.5 Å². The van der Waals surface area contributed by atoms with Crippen LogP contribution in [0.15, 0.2) is 41.7 Å². The van der Waals surface area contributed by atoms with E-state index >= 15 is 0 Å². The Hall–Kier alpha value is -2.17. The molecule has 5 heteroatoms. The highest BCUT2D eigenvalue weighted by atomic mass is 16.1. The molecule has 1 saturated heterocycles. The quantitative estimate of drug-likeness (QED) is 0.856. The molecule has 0 radical (unpaired) electrons. The largest absolute Gasteiger partial charge is 0.345 e. The van der Waals surface area contributed by atoms with Crippen LogP contribution in [-0.2, 0) is 6.54 Å². The summed E-state index contributed by atoms with van der Waals surface area (Å²) in [5.74, 6) is 0.556. The molecule has 0 N–H and O–H groups in total. The molecule has 1 aliphatic heterocycles. The Morgan fingerprint density at radius 3 is 3.05 bits per heavy atom. The van der Waals surface area contributed by atoms with Crippen LogP contribution in [0.4, 0.5) is 5.82 Å². The first-order valence-electron chi connectivity index (χ1n) is 7.03. The maximum atomic E-state index is 12.4. The lowest BCUT2D eigenvalue weighted by molar-refractivity contribution is 0.674. The van der Waals surface area contributed by atoms with Gasteiger partial charge in [0.1, 0.15) is 0 Å². The molecule has 0 saturated carbocycles. The lowest BCUT2D eigenvalue weighted by Crippen LogP contribution is -2.32. The number of nitrogens with zero attached hydrogens (tertiary/aromatic N) is 4. The minimum absolute atomic E-state index is 0.00853. The molecule has 3 rings (SSSR count). The van der Waals surface area contributed by atoms with Gasteiger partial charge in [-0.25, -0.2) is 4.98 Å². The maximum absolute atomic E-state index is 12.4. The number of hydrogen-bond donors (Lipinski definition) is 0. The molecule has 1 atom stereocenters. The molecule has 1 aliphatic rings. The number of pyridine rings is 1. The Balaban J connectivity index is 1.99. The van der Waals surface area contributed by atoms with Crippen molar-refractivity contribution in [2.24, 2.45) is 0 Å². The van der Waals surface area contributed by atoms with Gasteiger partial charge in [0.2, 0.25) is 0 Å². The maximum Gasteiger partial charge on any atom is 0.293 e. The molecule has 2 aromatic heterocycles. The van der Waals surface area contributed by atoms with Crippen LogP contribution >= 0.6 is 0 Å². The van der Waals surface area contributed by atoms with Gasteiger partial charge in [0.25, 0.3) is 5.56 Å². The van der Waals surface area contributed by atoms with Gasteiger partial charge >= 0.3 is 0 Å². The van der Waals surface area contributed by atoms with Gasteiger partial charge < -0.3 is 9.47 Å². The summed E-state index contributed by atoms with van der Waals surface area (Å²) in [4.78, 5) is 23.0. The zero-order valence-electron chi connectivity index (χ0n) is 11.6. The average molecular weight is 270 g/mol. The van der Waals surface area contributed by atoms with Crippen LogP contribution in [0.25, 0.3) is 0 Å². The third kappa shape index (κ3) is 2.19. The molecule has 0 amide bonds. The molecule has 1 unspecified atom stereocenters. The average Bonchev–Trinajstić information content (AvgIpc) is 2.97. The summed E-state index contributed by atoms with van der Waals surface area (Å²) in [6.07, 6.45) is 9.20. The van der Waals surface area contributed by atoms with Crippen molar-refractivity contribution in [3.63, 3.8) is 0 Å². The molecule has 104 valence electrons. The predicted molar refractivity (Wildman–Crippen MR) is 77.7 cm³/mol. The van der Waals surface area contributed by atoms with Crippen molar-refractivity contribution in [2.45, 2.75) is 32.4 Å². The van der Waals surface area contributed by atoms with Crippen molar-refractivity contribution in [3.8, 4) is 0 Å². The van der Waals surface area contributed by atoms with E-state index in [0.29, 0.717) is 12.4 Å². The molecule has 2 aromatic rings. The summed E-state index contributed by atoms with van der Waals surface area (Å²) in [7, 11) is 0. The topological polar surface area (TPSA) is 51.0 Å². The summed E-state index contributed by atoms with van der Waals surface area (Å²) >= 11 is 0. The summed E-state index contributed by atoms with van der Waals surface area (Å²) in [6, 6.07) is 4.21. The van der Waals surface area contributed by atoms with E-state index in [4.69, 9.17) is 0 Å². The van der Waals surface area contributed by atoms with E-state index in [0.717, 1.165) is 24.9 Å². The van der Waals surface area contributed by atoms with Crippen molar-refractivity contribution in [1.82, 2.24) is 14.5 Å². The van der Waals surface area contributed by atoms with Gasteiger partial charge in [0, 0.05) is 37.9 Å². The first kappa shape index (κ1) is 12.8. The lowest BCUT2D eigenvalue weighted by atomic mass is 10.1. The number of aryl methyl sites for hydroxylation is 1. The minimum atomic E-state index is -0.00853. The van der Waals surface area contributed by atoms with Crippen molar-refractivity contribution in [2.75, 3.05) is 11.4 Å². The summed E-state index contributed by atoms with van der Waals surface area (Å²) < 4.78 is 1.70. The molecule has 20 heavy (non-hydrogen) atoms. The monoisotopic (exact) mass is 270 g/mol. The van der Waals surface area contributed by atoms with E-state index in [-0.39, 0.29) is 11.6 Å². The molecular weight excluding hydrogens is 252 g/mol. The van der Waals surface area contributed by atoms with Gasteiger partial charge in [-0.2, -0.15) is 0 Å². The number of rotatable bonds is 3. The first-order chi connectivity index (χ1) is 9.81. The first-order valence-corrected chi connectivity index (χ1v) is 7.03. The van der Waals surface area contributed by atoms with Crippen molar-refractivity contribution in [1.29, 1.82) is 0 Å². The second kappa shape index (κ2) is 5.45. The van der Waals surface area contributed by atoms with Gasteiger partial charge in [0.15, 0.2) is 5.82 Å². The predicted octanol–water partition coefficient (Wildman–Crippen LogP) is 2.00. The molecule has 5 nitrogen and oxygen atoms in total. The molecule has 0 aromatic carbocycles. The second-order valence-electron chi connectivity index (χ2n) is 4.98. The highest BCUT2D eigenvalue weighted by molar-refractivity contribution is 5.41. The minimum Gasteiger partial charge on any atom is -0.345 e. The van der Waals surface area contributed by atoms with Crippen LogP contribution in [-0.4, -0.2) is 21.1 Å². The summed E-state index contributed by atoms with van der Waals surface area (Å²) in [6.45, 7) is 3.50. The fourth-order valence-corrected chi connectivity index (χ4v) is 2.82. The summed E-state index contributed by atoms with van der Waals surface area (Å²) in [5.41, 5.74) is 1.14. The van der Waals surface area contributed by atoms with Crippen molar-refractivity contribution < 1.29 is 0 Å². The van der Waals surface area contributed by atoms with E-state index < -0.39 is 0 Å². The Bertz CT molecular complexity index is 638. The fourth-order valence-electron chi connectivity index (χ4n) is 2.82. The third-order valence-corrected chi connectivity index (χ3v) is 3.83. The zero-order chi connectivity index (χ0) is 13.9. The Morgan fingerprint density at radius 1 is 1.40 bits per heavy atom. The van der Waals surface area contributed by atoms with Gasteiger partial charge in [-0.3, -0.25) is 9.78 Å². The van der Waals surface area contributed by atoms with Crippen LogP contribution in [0.3, 0.4) is 0 Å². The third-order valence-electron chi connectivity index (χ3n) is 3.83. The normalized spacial score (nSPS) is 18.4. The van der Waals surface area contributed by atoms with Gasteiger partial charge in [-0.05, 0) is 31.4 Å². The zero-order valence-corrected chi connectivity index (χ0v) is 11.6. The van der Waals surface area contributed by atoms with Crippen LogP contribution in [0.5, 0.6) is 0 Å². The van der Waals surface area contributed by atoms with Gasteiger partial charge in [0.05, 0.1) is 6.04 Å². The number of hydrogen-bond acceptors (Lipinski definition) is 4. The highest BCUT2D eigenvalue weighted by Gasteiger charge is 2.29. The van der Waals surface area contributed by atoms with E-state index in [9.17, 15) is 4.79 Å². The van der Waals surface area contributed by atoms with E-state index in [2.05, 4.69) is 20.9 Å². The SMILES string of the molecule is CCn1ccnc(N2CCCC2c2cccnc2)c1=O. The lowest BCUT2D eigenvalue weighted by Gasteiger charge is -2.25. The highest BCUT2D eigenvalue weighted by Crippen LogP contribution is 2.33. The van der Waals surface area contributed by atoms with Gasteiger partial charge in [-0.15, -0.1) is 0 Å². The fraction of sp³-hybridized carbons (Fsp3) is 0.400. The molecule has 0 spiro atoms. The Labute approximate surface area is 117 Å². The van der Waals surface area contributed by atoms with Crippen LogP contribution in [0, 0.1) is 0 Å². The second-order valence-corrected chi connectivity index (χ2v) is 4.98. The van der Waals surface area contributed by atoms with Crippen molar-refractivity contribution >= 4 is 5.82 Å². The van der Waals surface area contributed by atoms with Crippen LogP contribution in [0.1, 0.15) is 31.4 Å². The van der Waals surface area contributed by atoms with Gasteiger partial charge in [-0.1, -0.05) is 6.07 Å².